The second kappa shape index (κ2) is 3.47. The lowest BCUT2D eigenvalue weighted by Crippen LogP contribution is -2.06. The normalized spacial score (nSPS) is 10.9. The van der Waals surface area contributed by atoms with Crippen molar-refractivity contribution in [1.29, 1.82) is 0 Å². The fourth-order valence-corrected chi connectivity index (χ4v) is 1.76. The molecule has 0 radical (unpaired) electrons. The minimum absolute atomic E-state index is 0.841. The van der Waals surface area contributed by atoms with E-state index in [-0.39, 0.29) is 0 Å². The third-order valence-corrected chi connectivity index (χ3v) is 2.53. The summed E-state index contributed by atoms with van der Waals surface area (Å²) in [6, 6.07) is 4.09. The van der Waals surface area contributed by atoms with Gasteiger partial charge in [-0.3, -0.25) is 4.40 Å². The SMILES string of the molecule is CNCc1cccn2c(Br)cnc12. The molecule has 1 N–H and O–H groups in total. The van der Waals surface area contributed by atoms with Crippen molar-refractivity contribution in [3.63, 3.8) is 0 Å². The fourth-order valence-electron chi connectivity index (χ4n) is 1.37. The zero-order valence-electron chi connectivity index (χ0n) is 7.29. The zero-order valence-corrected chi connectivity index (χ0v) is 8.87. The van der Waals surface area contributed by atoms with Crippen molar-refractivity contribution in [2.75, 3.05) is 7.05 Å². The van der Waals surface area contributed by atoms with E-state index in [0.717, 1.165) is 16.8 Å². The quantitative estimate of drug-likeness (QED) is 0.867. The van der Waals surface area contributed by atoms with Gasteiger partial charge in [-0.05, 0) is 29.0 Å². The van der Waals surface area contributed by atoms with E-state index in [9.17, 15) is 0 Å². The van der Waals surface area contributed by atoms with Crippen LogP contribution in [0, 0.1) is 0 Å². The smallest absolute Gasteiger partial charge is 0.142 e. The summed E-state index contributed by atoms with van der Waals surface area (Å²) in [5.74, 6) is 0. The molecule has 13 heavy (non-hydrogen) atoms. The number of aromatic nitrogens is 2. The molecule has 0 unspecified atom stereocenters. The molecule has 0 fully saturated rings. The van der Waals surface area contributed by atoms with Crippen molar-refractivity contribution in [3.05, 3.63) is 34.7 Å². The van der Waals surface area contributed by atoms with Crippen LogP contribution in [-0.4, -0.2) is 16.4 Å². The minimum Gasteiger partial charge on any atom is -0.316 e. The second-order valence-electron chi connectivity index (χ2n) is 2.84. The van der Waals surface area contributed by atoms with Crippen molar-refractivity contribution in [1.82, 2.24) is 14.7 Å². The molecule has 4 heteroatoms. The molecule has 3 nitrogen and oxygen atoms in total. The number of hydrogen-bond acceptors (Lipinski definition) is 2. The van der Waals surface area contributed by atoms with Gasteiger partial charge in [0.1, 0.15) is 10.3 Å². The molecule has 2 heterocycles. The average molecular weight is 240 g/mol. The molecule has 0 saturated carbocycles. The number of nitrogens with one attached hydrogen (secondary N) is 1. The van der Waals surface area contributed by atoms with Crippen LogP contribution in [0.5, 0.6) is 0 Å². The lowest BCUT2D eigenvalue weighted by Gasteiger charge is -2.02. The van der Waals surface area contributed by atoms with Gasteiger partial charge in [0.2, 0.25) is 0 Å². The average Bonchev–Trinajstić information content (AvgIpc) is 2.50. The van der Waals surface area contributed by atoms with Gasteiger partial charge in [0.05, 0.1) is 6.20 Å². The maximum atomic E-state index is 4.31. The fraction of sp³-hybridized carbons (Fsp3) is 0.222. The number of halogens is 1. The number of fused-ring (bicyclic) bond motifs is 1. The summed E-state index contributed by atoms with van der Waals surface area (Å²) >= 11 is 3.43. The molecule has 0 bridgehead atoms. The van der Waals surface area contributed by atoms with Crippen molar-refractivity contribution < 1.29 is 0 Å². The zero-order chi connectivity index (χ0) is 9.26. The maximum Gasteiger partial charge on any atom is 0.142 e. The molecule has 2 aromatic heterocycles. The summed E-state index contributed by atoms with van der Waals surface area (Å²) in [4.78, 5) is 4.31. The largest absolute Gasteiger partial charge is 0.316 e. The number of hydrogen-bond donors (Lipinski definition) is 1. The Morgan fingerprint density at radius 2 is 2.46 bits per heavy atom. The summed E-state index contributed by atoms with van der Waals surface area (Å²) in [5, 5.41) is 3.12. The highest BCUT2D eigenvalue weighted by molar-refractivity contribution is 9.10. The third kappa shape index (κ3) is 1.47. The summed E-state index contributed by atoms with van der Waals surface area (Å²) in [6.45, 7) is 0.841. The molecule has 2 aromatic rings. The first-order chi connectivity index (χ1) is 6.33. The van der Waals surface area contributed by atoms with Gasteiger partial charge in [-0.15, -0.1) is 0 Å². The lowest BCUT2D eigenvalue weighted by molar-refractivity contribution is 0.816. The van der Waals surface area contributed by atoms with Gasteiger partial charge in [-0.2, -0.15) is 0 Å². The Balaban J connectivity index is 2.63. The monoisotopic (exact) mass is 239 g/mol. The predicted molar refractivity (Wildman–Crippen MR) is 55.7 cm³/mol. The van der Waals surface area contributed by atoms with E-state index in [0.29, 0.717) is 0 Å². The lowest BCUT2D eigenvalue weighted by atomic mass is 10.3. The second-order valence-corrected chi connectivity index (χ2v) is 3.65. The molecule has 0 aliphatic rings. The van der Waals surface area contributed by atoms with E-state index in [1.165, 1.54) is 5.56 Å². The van der Waals surface area contributed by atoms with Crippen LogP contribution in [0.4, 0.5) is 0 Å². The first-order valence-electron chi connectivity index (χ1n) is 4.08. The van der Waals surface area contributed by atoms with E-state index < -0.39 is 0 Å². The Kier molecular flexibility index (Phi) is 2.33. The van der Waals surface area contributed by atoms with Crippen LogP contribution in [0.15, 0.2) is 29.1 Å². The van der Waals surface area contributed by atoms with Crippen LogP contribution in [0.1, 0.15) is 5.56 Å². The van der Waals surface area contributed by atoms with Gasteiger partial charge >= 0.3 is 0 Å². The Bertz CT molecular complexity index is 422. The first-order valence-corrected chi connectivity index (χ1v) is 4.87. The van der Waals surface area contributed by atoms with Crippen LogP contribution >= 0.6 is 15.9 Å². The van der Waals surface area contributed by atoms with Crippen LogP contribution in [0.25, 0.3) is 5.65 Å². The molecule has 0 atom stereocenters. The van der Waals surface area contributed by atoms with Crippen molar-refractivity contribution >= 4 is 21.6 Å². The predicted octanol–water partition coefficient (Wildman–Crippen LogP) is 1.82. The molecule has 0 amide bonds. The van der Waals surface area contributed by atoms with E-state index in [2.05, 4.69) is 32.3 Å². The van der Waals surface area contributed by atoms with Crippen molar-refractivity contribution in [3.8, 4) is 0 Å². The minimum atomic E-state index is 0.841. The number of imidazole rings is 1. The topological polar surface area (TPSA) is 29.3 Å². The van der Waals surface area contributed by atoms with Gasteiger partial charge in [-0.25, -0.2) is 4.98 Å². The summed E-state index contributed by atoms with van der Waals surface area (Å²) < 4.78 is 3.01. The number of rotatable bonds is 2. The van der Waals surface area contributed by atoms with Crippen molar-refractivity contribution in [2.45, 2.75) is 6.54 Å². The molecular weight excluding hydrogens is 230 g/mol. The molecule has 0 aliphatic carbocycles. The summed E-state index contributed by atoms with van der Waals surface area (Å²) in [5.41, 5.74) is 2.21. The molecule has 0 spiro atoms. The van der Waals surface area contributed by atoms with Crippen LogP contribution < -0.4 is 5.32 Å². The highest BCUT2D eigenvalue weighted by atomic mass is 79.9. The van der Waals surface area contributed by atoms with Crippen molar-refractivity contribution in [2.24, 2.45) is 0 Å². The Labute approximate surface area is 84.9 Å². The first kappa shape index (κ1) is 8.72. The molecule has 0 aliphatic heterocycles. The van der Waals surface area contributed by atoms with E-state index in [4.69, 9.17) is 0 Å². The van der Waals surface area contributed by atoms with E-state index >= 15 is 0 Å². The molecule has 0 aromatic carbocycles. The Morgan fingerprint density at radius 3 is 3.23 bits per heavy atom. The van der Waals surface area contributed by atoms with Crippen LogP contribution in [-0.2, 0) is 6.54 Å². The van der Waals surface area contributed by atoms with Crippen LogP contribution in [0.2, 0.25) is 0 Å². The number of nitrogens with zero attached hydrogens (tertiary/aromatic N) is 2. The third-order valence-electron chi connectivity index (χ3n) is 1.94. The number of pyridine rings is 1. The van der Waals surface area contributed by atoms with Gasteiger partial charge < -0.3 is 5.32 Å². The molecule has 68 valence electrons. The molecular formula is C9H10BrN3. The van der Waals surface area contributed by atoms with Gasteiger partial charge in [0.15, 0.2) is 0 Å². The summed E-state index contributed by atoms with van der Waals surface area (Å²) in [6.07, 6.45) is 3.81. The van der Waals surface area contributed by atoms with Gasteiger partial charge in [0, 0.05) is 18.3 Å². The Hall–Kier alpha value is -0.870. The standard InChI is InChI=1S/C9H10BrN3/c1-11-5-7-3-2-4-13-8(10)6-12-9(7)13/h2-4,6,11H,5H2,1H3. The molecule has 0 saturated heterocycles. The van der Waals surface area contributed by atoms with Gasteiger partial charge in [-0.1, -0.05) is 6.07 Å². The highest BCUT2D eigenvalue weighted by Gasteiger charge is 2.03. The molecule has 2 rings (SSSR count). The van der Waals surface area contributed by atoms with Gasteiger partial charge in [0.25, 0.3) is 0 Å². The maximum absolute atomic E-state index is 4.31. The highest BCUT2D eigenvalue weighted by Crippen LogP contribution is 2.15. The van der Waals surface area contributed by atoms with Crippen LogP contribution in [0.3, 0.4) is 0 Å². The Morgan fingerprint density at radius 1 is 1.62 bits per heavy atom. The van der Waals surface area contributed by atoms with E-state index in [1.54, 1.807) is 0 Å². The summed E-state index contributed by atoms with van der Waals surface area (Å²) in [7, 11) is 1.93. The van der Waals surface area contributed by atoms with E-state index in [1.807, 2.05) is 29.9 Å².